The predicted molar refractivity (Wildman–Crippen MR) is 119 cm³/mol. The number of carbonyl (C=O) groups excluding carboxylic acids is 1. The van der Waals surface area contributed by atoms with Gasteiger partial charge in [-0.25, -0.2) is 8.42 Å². The van der Waals surface area contributed by atoms with Crippen molar-refractivity contribution in [3.05, 3.63) is 18.2 Å². The lowest BCUT2D eigenvalue weighted by molar-refractivity contribution is -0.127. The maximum Gasteiger partial charge on any atom is 0.243 e. The van der Waals surface area contributed by atoms with E-state index in [1.807, 2.05) is 0 Å². The fraction of sp³-hybridized carbons (Fsp3) is 0.696. The zero-order chi connectivity index (χ0) is 22.1. The first-order valence-electron chi connectivity index (χ1n) is 11.9. The molecule has 0 atom stereocenters. The van der Waals surface area contributed by atoms with Crippen LogP contribution in [0.1, 0.15) is 44.9 Å². The van der Waals surface area contributed by atoms with Crippen LogP contribution in [-0.2, 0) is 14.8 Å². The van der Waals surface area contributed by atoms with Crippen molar-refractivity contribution in [2.75, 3.05) is 39.4 Å². The third kappa shape index (κ3) is 4.75. The molecule has 176 valence electrons. The number of piperidine rings is 2. The minimum atomic E-state index is -3.63. The fourth-order valence-corrected chi connectivity index (χ4v) is 6.46. The second-order valence-corrected chi connectivity index (χ2v) is 11.3. The van der Waals surface area contributed by atoms with Gasteiger partial charge in [-0.15, -0.1) is 0 Å². The van der Waals surface area contributed by atoms with Gasteiger partial charge in [-0.05, 0) is 50.7 Å². The van der Waals surface area contributed by atoms with Crippen molar-refractivity contribution < 1.29 is 22.7 Å². The number of likely N-dealkylation sites (tertiary alicyclic amines) is 1. The van der Waals surface area contributed by atoms with E-state index in [1.165, 1.54) is 17.1 Å². The van der Waals surface area contributed by atoms with E-state index >= 15 is 0 Å². The fourth-order valence-electron chi connectivity index (χ4n) is 4.98. The Hall–Kier alpha value is -1.84. The van der Waals surface area contributed by atoms with E-state index in [1.54, 1.807) is 18.2 Å². The van der Waals surface area contributed by atoms with Gasteiger partial charge >= 0.3 is 0 Å². The van der Waals surface area contributed by atoms with Crippen LogP contribution in [-0.4, -0.2) is 75.0 Å². The third-order valence-electron chi connectivity index (χ3n) is 7.12. The van der Waals surface area contributed by atoms with Gasteiger partial charge in [0.1, 0.15) is 0 Å². The summed E-state index contributed by atoms with van der Waals surface area (Å²) in [5, 5.41) is 3.23. The summed E-state index contributed by atoms with van der Waals surface area (Å²) in [7, 11) is -3.63. The first-order valence-corrected chi connectivity index (χ1v) is 13.4. The van der Waals surface area contributed by atoms with Crippen LogP contribution >= 0.6 is 0 Å². The number of benzene rings is 1. The van der Waals surface area contributed by atoms with Crippen molar-refractivity contribution in [3.63, 3.8) is 0 Å². The van der Waals surface area contributed by atoms with Gasteiger partial charge in [0.15, 0.2) is 11.5 Å². The average Bonchev–Trinajstić information content (AvgIpc) is 3.66. The topological polar surface area (TPSA) is 88.2 Å². The van der Waals surface area contributed by atoms with Crippen LogP contribution in [0.5, 0.6) is 11.5 Å². The van der Waals surface area contributed by atoms with Crippen LogP contribution in [0.2, 0.25) is 0 Å². The molecule has 5 rings (SSSR count). The number of rotatable bonds is 5. The van der Waals surface area contributed by atoms with E-state index in [2.05, 4.69) is 10.2 Å². The minimum absolute atomic E-state index is 0.0856. The summed E-state index contributed by atoms with van der Waals surface area (Å²) < 4.78 is 39.1. The van der Waals surface area contributed by atoms with E-state index < -0.39 is 10.0 Å². The molecule has 3 heterocycles. The summed E-state index contributed by atoms with van der Waals surface area (Å²) in [4.78, 5) is 15.6. The highest BCUT2D eigenvalue weighted by Gasteiger charge is 2.35. The van der Waals surface area contributed by atoms with E-state index in [9.17, 15) is 13.2 Å². The molecule has 32 heavy (non-hydrogen) atoms. The highest BCUT2D eigenvalue weighted by Crippen LogP contribution is 2.34. The number of hydrogen-bond acceptors (Lipinski definition) is 6. The molecule has 3 aliphatic heterocycles. The van der Waals surface area contributed by atoms with Crippen molar-refractivity contribution >= 4 is 15.9 Å². The van der Waals surface area contributed by atoms with Crippen LogP contribution in [0.3, 0.4) is 0 Å². The summed E-state index contributed by atoms with van der Waals surface area (Å²) >= 11 is 0. The van der Waals surface area contributed by atoms with Gasteiger partial charge in [0, 0.05) is 56.7 Å². The third-order valence-corrected chi connectivity index (χ3v) is 9.02. The zero-order valence-electron chi connectivity index (χ0n) is 18.5. The van der Waals surface area contributed by atoms with Crippen molar-refractivity contribution in [1.29, 1.82) is 0 Å². The maximum absolute atomic E-state index is 13.2. The number of nitrogens with zero attached hydrogens (tertiary/aromatic N) is 2. The van der Waals surface area contributed by atoms with E-state index in [0.29, 0.717) is 50.6 Å². The van der Waals surface area contributed by atoms with E-state index in [-0.39, 0.29) is 22.8 Å². The van der Waals surface area contributed by atoms with Crippen LogP contribution in [0.15, 0.2) is 23.1 Å². The number of fused-ring (bicyclic) bond motifs is 1. The number of nitrogens with one attached hydrogen (secondary N) is 1. The summed E-state index contributed by atoms with van der Waals surface area (Å²) in [6, 6.07) is 5.85. The second kappa shape index (κ2) is 9.19. The Bertz CT molecular complexity index is 933. The summed E-state index contributed by atoms with van der Waals surface area (Å²) in [6.45, 7) is 3.93. The van der Waals surface area contributed by atoms with Gasteiger partial charge < -0.3 is 19.7 Å². The highest BCUT2D eigenvalue weighted by molar-refractivity contribution is 7.89. The van der Waals surface area contributed by atoms with Crippen LogP contribution in [0.25, 0.3) is 0 Å². The molecule has 1 saturated carbocycles. The molecule has 8 nitrogen and oxygen atoms in total. The summed E-state index contributed by atoms with van der Waals surface area (Å²) in [5.41, 5.74) is 0. The molecule has 0 aromatic heterocycles. The van der Waals surface area contributed by atoms with E-state index in [4.69, 9.17) is 9.47 Å². The molecule has 1 aromatic carbocycles. The molecular formula is C23H33N3O5S. The van der Waals surface area contributed by atoms with Crippen LogP contribution in [0.4, 0.5) is 0 Å². The van der Waals surface area contributed by atoms with Crippen molar-refractivity contribution in [2.45, 2.75) is 61.9 Å². The molecule has 1 aliphatic carbocycles. The molecule has 1 amide bonds. The SMILES string of the molecule is O=C(NC1CCN(C2CC2)CC1)C1CCN(S(=O)(=O)c2ccc3c(c2)OCCCO3)CC1. The number of amides is 1. The second-order valence-electron chi connectivity index (χ2n) is 9.39. The van der Waals surface area contributed by atoms with Gasteiger partial charge in [0.2, 0.25) is 15.9 Å². The highest BCUT2D eigenvalue weighted by atomic mass is 32.2. The van der Waals surface area contributed by atoms with Crippen molar-refractivity contribution in [3.8, 4) is 11.5 Å². The normalized spacial score (nSPS) is 24.1. The largest absolute Gasteiger partial charge is 0.490 e. The van der Waals surface area contributed by atoms with Gasteiger partial charge in [-0.2, -0.15) is 4.31 Å². The van der Waals surface area contributed by atoms with Crippen molar-refractivity contribution in [2.24, 2.45) is 5.92 Å². The van der Waals surface area contributed by atoms with Gasteiger partial charge in [0.05, 0.1) is 18.1 Å². The van der Waals surface area contributed by atoms with Crippen LogP contribution < -0.4 is 14.8 Å². The lowest BCUT2D eigenvalue weighted by Crippen LogP contribution is -2.49. The van der Waals surface area contributed by atoms with E-state index in [0.717, 1.165) is 38.4 Å². The molecule has 1 aromatic rings. The molecule has 0 spiro atoms. The molecule has 4 aliphatic rings. The Labute approximate surface area is 190 Å². The quantitative estimate of drug-likeness (QED) is 0.719. The Kier molecular flexibility index (Phi) is 6.31. The Balaban J connectivity index is 1.14. The maximum atomic E-state index is 13.2. The molecule has 0 radical (unpaired) electrons. The van der Waals surface area contributed by atoms with Gasteiger partial charge in [-0.3, -0.25) is 4.79 Å². The molecule has 3 fully saturated rings. The number of ether oxygens (including phenoxy) is 2. The first-order chi connectivity index (χ1) is 15.5. The Morgan fingerprint density at radius 1 is 0.906 bits per heavy atom. The zero-order valence-corrected chi connectivity index (χ0v) is 19.3. The smallest absolute Gasteiger partial charge is 0.243 e. The van der Waals surface area contributed by atoms with Crippen molar-refractivity contribution in [1.82, 2.24) is 14.5 Å². The lowest BCUT2D eigenvalue weighted by atomic mass is 9.96. The number of carbonyl (C=O) groups is 1. The Morgan fingerprint density at radius 2 is 1.59 bits per heavy atom. The number of sulfonamides is 1. The number of hydrogen-bond donors (Lipinski definition) is 1. The molecule has 0 unspecified atom stereocenters. The predicted octanol–water partition coefficient (Wildman–Crippen LogP) is 1.99. The summed E-state index contributed by atoms with van der Waals surface area (Å²) in [5.74, 6) is 1.03. The monoisotopic (exact) mass is 463 g/mol. The molecular weight excluding hydrogens is 430 g/mol. The standard InChI is InChI=1S/C23H33N3O5S/c27-23(24-18-8-10-25(11-9-18)19-2-3-19)17-6-12-26(13-7-17)32(28,29)20-4-5-21-22(16-20)31-15-1-14-30-21/h4-5,16-19H,1-3,6-15H2,(H,24,27). The molecule has 0 bridgehead atoms. The average molecular weight is 464 g/mol. The molecule has 9 heteroatoms. The molecule has 2 saturated heterocycles. The van der Waals surface area contributed by atoms with Gasteiger partial charge in [-0.1, -0.05) is 0 Å². The lowest BCUT2D eigenvalue weighted by Gasteiger charge is -2.34. The van der Waals surface area contributed by atoms with Gasteiger partial charge in [0.25, 0.3) is 0 Å². The Morgan fingerprint density at radius 3 is 2.28 bits per heavy atom. The first kappa shape index (κ1) is 22.0. The molecule has 1 N–H and O–H groups in total. The summed E-state index contributed by atoms with van der Waals surface area (Å²) in [6.07, 6.45) is 6.55. The van der Waals surface area contributed by atoms with Crippen LogP contribution in [0, 0.1) is 5.92 Å². The minimum Gasteiger partial charge on any atom is -0.490 e.